The van der Waals surface area contributed by atoms with Crippen molar-refractivity contribution < 1.29 is 8.42 Å². The van der Waals surface area contributed by atoms with E-state index >= 15 is 0 Å². The van der Waals surface area contributed by atoms with Crippen LogP contribution in [-0.4, -0.2) is 65.3 Å². The first-order valence-electron chi connectivity index (χ1n) is 10.9. The maximum atomic E-state index is 11.5. The number of likely N-dealkylation sites (tertiary alicyclic amines) is 1. The third-order valence-corrected chi connectivity index (χ3v) is 6.90. The van der Waals surface area contributed by atoms with Crippen LogP contribution >= 0.6 is 0 Å². The summed E-state index contributed by atoms with van der Waals surface area (Å²) in [6, 6.07) is 17.8. The van der Waals surface area contributed by atoms with Crippen LogP contribution in [0.3, 0.4) is 0 Å². The van der Waals surface area contributed by atoms with Gasteiger partial charge in [-0.05, 0) is 55.0 Å². The standard InChI is InChI=1S/C24H34N4O2S/c1-25-24(26-15-12-21-8-10-23(11-9-21)31(2,29)30)27-18-22-14-17-28(19-22)16-13-20-6-4-3-5-7-20/h3-11,22H,12-19H2,1-2H3,(H2,25,26,27). The summed E-state index contributed by atoms with van der Waals surface area (Å²) >= 11 is 0. The highest BCUT2D eigenvalue weighted by atomic mass is 32.2. The van der Waals surface area contributed by atoms with Crippen molar-refractivity contribution in [1.82, 2.24) is 15.5 Å². The summed E-state index contributed by atoms with van der Waals surface area (Å²) in [6.07, 6.45) is 4.36. The molecule has 1 atom stereocenters. The fourth-order valence-electron chi connectivity index (χ4n) is 3.90. The summed E-state index contributed by atoms with van der Waals surface area (Å²) < 4.78 is 23.1. The molecule has 2 aromatic rings. The smallest absolute Gasteiger partial charge is 0.190 e. The lowest BCUT2D eigenvalue weighted by Crippen LogP contribution is -2.41. The summed E-state index contributed by atoms with van der Waals surface area (Å²) in [6.45, 7) is 5.07. The molecular weight excluding hydrogens is 408 g/mol. The quantitative estimate of drug-likeness (QED) is 0.461. The van der Waals surface area contributed by atoms with Gasteiger partial charge in [0.05, 0.1) is 4.90 Å². The Morgan fingerprint density at radius 2 is 1.74 bits per heavy atom. The van der Waals surface area contributed by atoms with Gasteiger partial charge in [0.2, 0.25) is 0 Å². The van der Waals surface area contributed by atoms with Gasteiger partial charge >= 0.3 is 0 Å². The van der Waals surface area contributed by atoms with Crippen molar-refractivity contribution in [2.45, 2.75) is 24.2 Å². The lowest BCUT2D eigenvalue weighted by Gasteiger charge is -2.17. The molecular formula is C24H34N4O2S. The van der Waals surface area contributed by atoms with Crippen molar-refractivity contribution in [3.05, 3.63) is 65.7 Å². The summed E-state index contributed by atoms with van der Waals surface area (Å²) in [7, 11) is -1.35. The molecule has 1 aliphatic rings. The molecule has 1 aliphatic heterocycles. The highest BCUT2D eigenvalue weighted by Crippen LogP contribution is 2.16. The largest absolute Gasteiger partial charge is 0.356 e. The molecule has 0 bridgehead atoms. The number of nitrogens with one attached hydrogen (secondary N) is 2. The molecule has 0 spiro atoms. The normalized spacial score (nSPS) is 17.6. The zero-order valence-electron chi connectivity index (χ0n) is 18.5. The van der Waals surface area contributed by atoms with Crippen LogP contribution in [0.2, 0.25) is 0 Å². The van der Waals surface area contributed by atoms with Crippen LogP contribution in [0, 0.1) is 5.92 Å². The second-order valence-corrected chi connectivity index (χ2v) is 10.3. The van der Waals surface area contributed by atoms with Crippen LogP contribution in [0.25, 0.3) is 0 Å². The van der Waals surface area contributed by atoms with Crippen molar-refractivity contribution in [3.8, 4) is 0 Å². The van der Waals surface area contributed by atoms with Crippen LogP contribution in [-0.2, 0) is 22.7 Å². The molecule has 1 saturated heterocycles. The maximum Gasteiger partial charge on any atom is 0.190 e. The van der Waals surface area contributed by atoms with Crippen molar-refractivity contribution in [1.29, 1.82) is 0 Å². The molecule has 2 N–H and O–H groups in total. The topological polar surface area (TPSA) is 73.8 Å². The maximum absolute atomic E-state index is 11.5. The van der Waals surface area contributed by atoms with E-state index in [4.69, 9.17) is 0 Å². The van der Waals surface area contributed by atoms with Crippen LogP contribution < -0.4 is 10.6 Å². The summed E-state index contributed by atoms with van der Waals surface area (Å²) in [5.74, 6) is 1.45. The van der Waals surface area contributed by atoms with Gasteiger partial charge in [-0.25, -0.2) is 8.42 Å². The average Bonchev–Trinajstić information content (AvgIpc) is 3.23. The van der Waals surface area contributed by atoms with Crippen molar-refractivity contribution >= 4 is 15.8 Å². The van der Waals surface area contributed by atoms with Gasteiger partial charge in [-0.1, -0.05) is 42.5 Å². The molecule has 0 aromatic heterocycles. The molecule has 7 heteroatoms. The van der Waals surface area contributed by atoms with Gasteiger partial charge < -0.3 is 15.5 Å². The zero-order chi connectivity index (χ0) is 22.1. The molecule has 1 unspecified atom stereocenters. The minimum atomic E-state index is -3.14. The first-order chi connectivity index (χ1) is 14.9. The average molecular weight is 443 g/mol. The first kappa shape index (κ1) is 23.3. The van der Waals surface area contributed by atoms with E-state index in [1.54, 1.807) is 19.2 Å². The molecule has 0 radical (unpaired) electrons. The molecule has 1 heterocycles. The SMILES string of the molecule is CN=C(NCCc1ccc(S(C)(=O)=O)cc1)NCC1CCN(CCc2ccccc2)C1. The Bertz CT molecular complexity index is 943. The number of guanidine groups is 1. The van der Waals surface area contributed by atoms with Crippen LogP contribution in [0.1, 0.15) is 17.5 Å². The Kier molecular flexibility index (Phi) is 8.49. The molecule has 31 heavy (non-hydrogen) atoms. The van der Waals surface area contributed by atoms with Crippen molar-refractivity contribution in [2.24, 2.45) is 10.9 Å². The van der Waals surface area contributed by atoms with Gasteiger partial charge in [-0.3, -0.25) is 4.99 Å². The Morgan fingerprint density at radius 1 is 1.03 bits per heavy atom. The number of sulfone groups is 1. The molecule has 1 fully saturated rings. The van der Waals surface area contributed by atoms with Crippen molar-refractivity contribution in [3.63, 3.8) is 0 Å². The minimum absolute atomic E-state index is 0.357. The predicted molar refractivity (Wildman–Crippen MR) is 127 cm³/mol. The molecule has 2 aromatic carbocycles. The van der Waals surface area contributed by atoms with E-state index in [-0.39, 0.29) is 0 Å². The van der Waals surface area contributed by atoms with Crippen LogP contribution in [0.5, 0.6) is 0 Å². The van der Waals surface area contributed by atoms with Crippen LogP contribution in [0.4, 0.5) is 0 Å². The minimum Gasteiger partial charge on any atom is -0.356 e. The van der Waals surface area contributed by atoms with Gasteiger partial charge in [0, 0.05) is 39.5 Å². The summed E-state index contributed by atoms with van der Waals surface area (Å²) in [5.41, 5.74) is 2.50. The Balaban J connectivity index is 1.34. The highest BCUT2D eigenvalue weighted by molar-refractivity contribution is 7.90. The fourth-order valence-corrected chi connectivity index (χ4v) is 4.54. The molecule has 3 rings (SSSR count). The molecule has 6 nitrogen and oxygen atoms in total. The van der Waals surface area contributed by atoms with E-state index in [0.717, 1.165) is 57.1 Å². The second kappa shape index (κ2) is 11.3. The van der Waals surface area contributed by atoms with Gasteiger partial charge in [0.25, 0.3) is 0 Å². The number of benzene rings is 2. The van der Waals surface area contributed by atoms with E-state index in [1.807, 2.05) is 12.1 Å². The highest BCUT2D eigenvalue weighted by Gasteiger charge is 2.22. The molecule has 168 valence electrons. The number of hydrogen-bond donors (Lipinski definition) is 2. The van der Waals surface area contributed by atoms with Crippen LogP contribution in [0.15, 0.2) is 64.5 Å². The van der Waals surface area contributed by atoms with Gasteiger partial charge in [0.15, 0.2) is 15.8 Å². The lowest BCUT2D eigenvalue weighted by atomic mass is 10.1. The van der Waals surface area contributed by atoms with E-state index in [0.29, 0.717) is 10.8 Å². The van der Waals surface area contributed by atoms with Crippen molar-refractivity contribution in [2.75, 3.05) is 46.0 Å². The Labute approximate surface area is 186 Å². The van der Waals surface area contributed by atoms with E-state index < -0.39 is 9.84 Å². The Hall–Kier alpha value is -2.38. The number of rotatable bonds is 9. The number of hydrogen-bond acceptors (Lipinski definition) is 4. The number of aliphatic imine (C=N–C) groups is 1. The number of nitrogens with zero attached hydrogens (tertiary/aromatic N) is 2. The third-order valence-electron chi connectivity index (χ3n) is 5.77. The van der Waals surface area contributed by atoms with E-state index in [2.05, 4.69) is 50.9 Å². The lowest BCUT2D eigenvalue weighted by molar-refractivity contribution is 0.328. The van der Waals surface area contributed by atoms with Gasteiger partial charge in [-0.2, -0.15) is 0 Å². The monoisotopic (exact) mass is 442 g/mol. The van der Waals surface area contributed by atoms with Gasteiger partial charge in [-0.15, -0.1) is 0 Å². The fraction of sp³-hybridized carbons (Fsp3) is 0.458. The molecule has 0 amide bonds. The zero-order valence-corrected chi connectivity index (χ0v) is 19.4. The van der Waals surface area contributed by atoms with E-state index in [1.165, 1.54) is 18.2 Å². The molecule has 0 saturated carbocycles. The van der Waals surface area contributed by atoms with Gasteiger partial charge in [0.1, 0.15) is 0 Å². The third kappa shape index (κ3) is 7.67. The summed E-state index contributed by atoms with van der Waals surface area (Å²) in [4.78, 5) is 7.23. The predicted octanol–water partition coefficient (Wildman–Crippen LogP) is 2.36. The summed E-state index contributed by atoms with van der Waals surface area (Å²) in [5, 5.41) is 6.81. The Morgan fingerprint density at radius 3 is 2.42 bits per heavy atom. The second-order valence-electron chi connectivity index (χ2n) is 8.24. The molecule has 0 aliphatic carbocycles. The van der Waals surface area contributed by atoms with E-state index in [9.17, 15) is 8.42 Å². The first-order valence-corrected chi connectivity index (χ1v) is 12.8.